The van der Waals surface area contributed by atoms with Crippen LogP contribution in [0, 0.1) is 5.92 Å². The Hall–Kier alpha value is -0.160. The highest BCUT2D eigenvalue weighted by molar-refractivity contribution is 4.84. The maximum absolute atomic E-state index is 9.27. The monoisotopic (exact) mass is 256 g/mol. The minimum Gasteiger partial charge on any atom is -0.394 e. The Morgan fingerprint density at radius 2 is 2.06 bits per heavy atom. The van der Waals surface area contributed by atoms with E-state index in [1.165, 1.54) is 25.7 Å². The van der Waals surface area contributed by atoms with E-state index in [9.17, 15) is 5.11 Å². The molecule has 1 heterocycles. The summed E-state index contributed by atoms with van der Waals surface area (Å²) >= 11 is 0. The van der Waals surface area contributed by atoms with Crippen molar-refractivity contribution in [1.82, 2.24) is 10.2 Å². The third kappa shape index (κ3) is 3.67. The second-order valence-electron chi connectivity index (χ2n) is 5.91. The molecule has 2 N–H and O–H groups in total. The lowest BCUT2D eigenvalue weighted by molar-refractivity contribution is -0.0992. The van der Waals surface area contributed by atoms with Gasteiger partial charge in [0, 0.05) is 25.7 Å². The molecule has 18 heavy (non-hydrogen) atoms. The van der Waals surface area contributed by atoms with Crippen LogP contribution in [0.15, 0.2) is 0 Å². The Kier molecular flexibility index (Phi) is 5.42. The number of nitrogens with zero attached hydrogens (tertiary/aromatic N) is 1. The first-order valence-electron chi connectivity index (χ1n) is 7.39. The van der Waals surface area contributed by atoms with Gasteiger partial charge in [-0.25, -0.2) is 0 Å². The molecule has 4 atom stereocenters. The van der Waals surface area contributed by atoms with Crippen LogP contribution in [0.2, 0.25) is 0 Å². The van der Waals surface area contributed by atoms with Gasteiger partial charge in [0.1, 0.15) is 0 Å². The molecule has 1 saturated carbocycles. The van der Waals surface area contributed by atoms with Gasteiger partial charge in [0.25, 0.3) is 0 Å². The molecule has 0 radical (unpaired) electrons. The lowest BCUT2D eigenvalue weighted by Gasteiger charge is -2.40. The number of nitrogens with one attached hydrogen (secondary N) is 1. The Bertz CT molecular complexity index is 250. The summed E-state index contributed by atoms with van der Waals surface area (Å²) in [7, 11) is 2.08. The van der Waals surface area contributed by atoms with Gasteiger partial charge in [-0.1, -0.05) is 12.8 Å². The molecule has 1 saturated heterocycles. The van der Waals surface area contributed by atoms with E-state index < -0.39 is 0 Å². The van der Waals surface area contributed by atoms with E-state index in [0.717, 1.165) is 25.6 Å². The average molecular weight is 256 g/mol. The summed E-state index contributed by atoms with van der Waals surface area (Å²) in [6.45, 7) is 5.28. The number of aliphatic hydroxyl groups is 1. The molecule has 0 aromatic rings. The van der Waals surface area contributed by atoms with Gasteiger partial charge in [0.2, 0.25) is 0 Å². The molecule has 4 heteroatoms. The molecule has 4 nitrogen and oxygen atoms in total. The van der Waals surface area contributed by atoms with E-state index in [4.69, 9.17) is 4.74 Å². The fourth-order valence-corrected chi connectivity index (χ4v) is 3.53. The zero-order valence-corrected chi connectivity index (χ0v) is 11.8. The smallest absolute Gasteiger partial charge is 0.0936 e. The van der Waals surface area contributed by atoms with E-state index >= 15 is 0 Å². The van der Waals surface area contributed by atoms with Crippen molar-refractivity contribution >= 4 is 0 Å². The summed E-state index contributed by atoms with van der Waals surface area (Å²) in [5, 5.41) is 12.7. The van der Waals surface area contributed by atoms with Crippen LogP contribution in [0.25, 0.3) is 0 Å². The molecule has 0 amide bonds. The van der Waals surface area contributed by atoms with Gasteiger partial charge in [0.05, 0.1) is 18.8 Å². The lowest BCUT2D eigenvalue weighted by atomic mass is 9.84. The summed E-state index contributed by atoms with van der Waals surface area (Å²) in [5.74, 6) is 0.758. The van der Waals surface area contributed by atoms with E-state index in [0.29, 0.717) is 6.04 Å². The maximum atomic E-state index is 9.27. The summed E-state index contributed by atoms with van der Waals surface area (Å²) in [6, 6.07) is 0.671. The van der Waals surface area contributed by atoms with Crippen LogP contribution >= 0.6 is 0 Å². The number of aliphatic hydroxyl groups excluding tert-OH is 1. The van der Waals surface area contributed by atoms with Crippen LogP contribution in [-0.2, 0) is 4.74 Å². The normalized spacial score (nSPS) is 38.8. The first-order valence-corrected chi connectivity index (χ1v) is 7.39. The number of rotatable bonds is 4. The van der Waals surface area contributed by atoms with Gasteiger partial charge in [0.15, 0.2) is 0 Å². The molecule has 0 aromatic heterocycles. The summed E-state index contributed by atoms with van der Waals surface area (Å²) in [6.07, 6.45) is 5.62. The van der Waals surface area contributed by atoms with Crippen molar-refractivity contribution in [3.63, 3.8) is 0 Å². The van der Waals surface area contributed by atoms with Crippen molar-refractivity contribution in [3.05, 3.63) is 0 Å². The average Bonchev–Trinajstić information content (AvgIpc) is 2.38. The van der Waals surface area contributed by atoms with E-state index in [2.05, 4.69) is 24.2 Å². The van der Waals surface area contributed by atoms with Crippen molar-refractivity contribution < 1.29 is 9.84 Å². The van der Waals surface area contributed by atoms with Gasteiger partial charge >= 0.3 is 0 Å². The molecule has 0 aromatic carbocycles. The van der Waals surface area contributed by atoms with Crippen molar-refractivity contribution in [2.45, 2.75) is 50.9 Å². The fourth-order valence-electron chi connectivity index (χ4n) is 3.53. The molecule has 1 aliphatic carbocycles. The maximum Gasteiger partial charge on any atom is 0.0936 e. The van der Waals surface area contributed by atoms with E-state index in [1.54, 1.807) is 0 Å². The summed E-state index contributed by atoms with van der Waals surface area (Å²) in [5.41, 5.74) is 0. The quantitative estimate of drug-likeness (QED) is 0.782. The minimum absolute atomic E-state index is 0.00498. The Balaban J connectivity index is 1.86. The second-order valence-corrected chi connectivity index (χ2v) is 5.91. The van der Waals surface area contributed by atoms with Crippen molar-refractivity contribution in [3.8, 4) is 0 Å². The molecule has 106 valence electrons. The first kappa shape index (κ1) is 14.3. The molecular formula is C14H28N2O2. The van der Waals surface area contributed by atoms with Crippen LogP contribution in [0.1, 0.15) is 32.6 Å². The highest BCUT2D eigenvalue weighted by atomic mass is 16.5. The van der Waals surface area contributed by atoms with Crippen LogP contribution in [0.3, 0.4) is 0 Å². The zero-order valence-electron chi connectivity index (χ0n) is 11.8. The van der Waals surface area contributed by atoms with Gasteiger partial charge in [-0.15, -0.1) is 0 Å². The van der Waals surface area contributed by atoms with Crippen LogP contribution in [-0.4, -0.2) is 61.5 Å². The van der Waals surface area contributed by atoms with Gasteiger partial charge in [-0.2, -0.15) is 0 Å². The summed E-state index contributed by atoms with van der Waals surface area (Å²) in [4.78, 5) is 2.48. The van der Waals surface area contributed by atoms with E-state index in [1.807, 2.05) is 0 Å². The molecule has 2 fully saturated rings. The minimum atomic E-state index is 0.00498. The van der Waals surface area contributed by atoms with Gasteiger partial charge in [-0.05, 0) is 32.7 Å². The molecule has 1 aliphatic heterocycles. The first-order chi connectivity index (χ1) is 8.72. The predicted octanol–water partition coefficient (Wildman–Crippen LogP) is 0.846. The van der Waals surface area contributed by atoms with Crippen LogP contribution < -0.4 is 5.32 Å². The zero-order chi connectivity index (χ0) is 13.0. The third-order valence-corrected chi connectivity index (χ3v) is 4.38. The molecule has 2 aliphatic rings. The summed E-state index contributed by atoms with van der Waals surface area (Å²) < 4.78 is 5.70. The van der Waals surface area contributed by atoms with Crippen molar-refractivity contribution in [2.24, 2.45) is 5.92 Å². The number of hydrogen-bond acceptors (Lipinski definition) is 4. The van der Waals surface area contributed by atoms with Gasteiger partial charge < -0.3 is 15.2 Å². The lowest BCUT2D eigenvalue weighted by Crippen LogP contribution is -2.51. The molecule has 4 unspecified atom stereocenters. The number of hydrogen-bond donors (Lipinski definition) is 2. The largest absolute Gasteiger partial charge is 0.394 e. The van der Waals surface area contributed by atoms with Crippen molar-refractivity contribution in [1.29, 1.82) is 0 Å². The standard InChI is InChI=1S/C14H28N2O2/c1-11-7-16(9-13(10-17)18-11)8-12-5-3-4-6-14(12)15-2/h11-15,17H,3-10H2,1-2H3. The third-order valence-electron chi connectivity index (χ3n) is 4.38. The molecule has 2 rings (SSSR count). The number of morpholine rings is 1. The van der Waals surface area contributed by atoms with E-state index in [-0.39, 0.29) is 18.8 Å². The highest BCUT2D eigenvalue weighted by Gasteiger charge is 2.30. The topological polar surface area (TPSA) is 44.7 Å². The highest BCUT2D eigenvalue weighted by Crippen LogP contribution is 2.26. The van der Waals surface area contributed by atoms with Gasteiger partial charge in [-0.3, -0.25) is 4.90 Å². The van der Waals surface area contributed by atoms with Crippen molar-refractivity contribution in [2.75, 3.05) is 33.3 Å². The SMILES string of the molecule is CNC1CCCCC1CN1CC(C)OC(CO)C1. The predicted molar refractivity (Wildman–Crippen MR) is 72.7 cm³/mol. The number of ether oxygens (including phenoxy) is 1. The Morgan fingerprint density at radius 1 is 1.28 bits per heavy atom. The molecule has 0 spiro atoms. The fraction of sp³-hybridized carbons (Fsp3) is 1.00. The van der Waals surface area contributed by atoms with Crippen LogP contribution in [0.4, 0.5) is 0 Å². The Labute approximate surface area is 111 Å². The Morgan fingerprint density at radius 3 is 2.78 bits per heavy atom. The molecule has 0 bridgehead atoms. The molecular weight excluding hydrogens is 228 g/mol. The second kappa shape index (κ2) is 6.85. The van der Waals surface area contributed by atoms with Crippen LogP contribution in [0.5, 0.6) is 0 Å².